The molecule has 2 nitrogen and oxygen atoms in total. The van der Waals surface area contributed by atoms with Crippen LogP contribution >= 0.6 is 11.3 Å². The molecular formula is C60H38N2S. The van der Waals surface area contributed by atoms with Crippen LogP contribution in [0.2, 0.25) is 0 Å². The third-order valence-electron chi connectivity index (χ3n) is 12.9. The lowest BCUT2D eigenvalue weighted by atomic mass is 9.95. The van der Waals surface area contributed by atoms with Crippen LogP contribution in [0.5, 0.6) is 0 Å². The van der Waals surface area contributed by atoms with Gasteiger partial charge in [0.15, 0.2) is 0 Å². The molecule has 294 valence electrons. The molecule has 13 aromatic rings. The Morgan fingerprint density at radius 1 is 0.286 bits per heavy atom. The molecule has 13 rings (SSSR count). The molecule has 0 aliphatic heterocycles. The van der Waals surface area contributed by atoms with Crippen LogP contribution in [0.3, 0.4) is 0 Å². The van der Waals surface area contributed by atoms with Crippen LogP contribution in [0.4, 0.5) is 0 Å². The van der Waals surface area contributed by atoms with Gasteiger partial charge >= 0.3 is 0 Å². The van der Waals surface area contributed by atoms with Crippen molar-refractivity contribution in [3.63, 3.8) is 0 Å². The molecule has 0 unspecified atom stereocenters. The summed E-state index contributed by atoms with van der Waals surface area (Å²) in [7, 11) is 0. The average molecular weight is 819 g/mol. The fourth-order valence-electron chi connectivity index (χ4n) is 10.0. The van der Waals surface area contributed by atoms with Gasteiger partial charge < -0.3 is 9.13 Å². The molecule has 0 saturated carbocycles. The maximum absolute atomic E-state index is 2.50. The Kier molecular flexibility index (Phi) is 8.12. The van der Waals surface area contributed by atoms with Crippen molar-refractivity contribution >= 4 is 75.1 Å². The summed E-state index contributed by atoms with van der Waals surface area (Å²) in [6.45, 7) is 0. The van der Waals surface area contributed by atoms with Gasteiger partial charge in [-0.1, -0.05) is 164 Å². The van der Waals surface area contributed by atoms with Crippen molar-refractivity contribution < 1.29 is 0 Å². The van der Waals surface area contributed by atoms with Crippen LogP contribution < -0.4 is 0 Å². The second-order valence-corrected chi connectivity index (χ2v) is 17.5. The Hall–Kier alpha value is -7.98. The predicted molar refractivity (Wildman–Crippen MR) is 270 cm³/mol. The summed E-state index contributed by atoms with van der Waals surface area (Å²) >= 11 is 1.89. The van der Waals surface area contributed by atoms with E-state index in [1.165, 1.54) is 114 Å². The van der Waals surface area contributed by atoms with Crippen molar-refractivity contribution in [1.29, 1.82) is 0 Å². The van der Waals surface area contributed by atoms with Crippen LogP contribution in [0.15, 0.2) is 231 Å². The summed E-state index contributed by atoms with van der Waals surface area (Å²) in [6, 6.07) is 84.6. The molecule has 0 amide bonds. The summed E-state index contributed by atoms with van der Waals surface area (Å²) in [6.07, 6.45) is 0. The van der Waals surface area contributed by atoms with Gasteiger partial charge in [0.25, 0.3) is 0 Å². The van der Waals surface area contributed by atoms with Crippen molar-refractivity contribution in [2.45, 2.75) is 0 Å². The van der Waals surface area contributed by atoms with Gasteiger partial charge in [0.05, 0.1) is 32.5 Å². The number of fused-ring (bicyclic) bond motifs is 9. The Balaban J connectivity index is 0.970. The zero-order valence-corrected chi connectivity index (χ0v) is 35.1. The van der Waals surface area contributed by atoms with Gasteiger partial charge in [0.2, 0.25) is 0 Å². The molecule has 3 heteroatoms. The molecule has 0 fully saturated rings. The normalized spacial score (nSPS) is 11.8. The SMILES string of the molecule is c1ccc(-c2cccc(-c3ccc(-n4c5ccccc5c5cc(-c6ccc7c(c6)c6ccccc6n7-c6cccc(-c7ccccc7)c6)ccc54)c4sc5ccccc5c34)c2)cc1. The van der Waals surface area contributed by atoms with E-state index < -0.39 is 0 Å². The van der Waals surface area contributed by atoms with E-state index in [-0.39, 0.29) is 0 Å². The van der Waals surface area contributed by atoms with Crippen molar-refractivity contribution in [3.8, 4) is 55.9 Å². The Labute approximate surface area is 368 Å². The number of benzene rings is 10. The first kappa shape index (κ1) is 35.7. The van der Waals surface area contributed by atoms with Crippen molar-refractivity contribution in [2.75, 3.05) is 0 Å². The van der Waals surface area contributed by atoms with Gasteiger partial charge in [-0.05, 0) is 111 Å². The Bertz CT molecular complexity index is 3900. The van der Waals surface area contributed by atoms with E-state index in [1.807, 2.05) is 11.3 Å². The number of hydrogen-bond donors (Lipinski definition) is 0. The van der Waals surface area contributed by atoms with E-state index in [9.17, 15) is 0 Å². The van der Waals surface area contributed by atoms with Gasteiger partial charge in [0, 0.05) is 42.7 Å². The summed E-state index contributed by atoms with van der Waals surface area (Å²) in [5.41, 5.74) is 16.9. The molecule has 3 aromatic heterocycles. The Morgan fingerprint density at radius 2 is 0.778 bits per heavy atom. The summed E-state index contributed by atoms with van der Waals surface area (Å²) in [5.74, 6) is 0. The summed E-state index contributed by atoms with van der Waals surface area (Å²) in [5, 5.41) is 7.59. The highest BCUT2D eigenvalue weighted by molar-refractivity contribution is 7.26. The first-order chi connectivity index (χ1) is 31.2. The van der Waals surface area contributed by atoms with E-state index in [0.717, 1.165) is 5.69 Å². The standard InChI is InChI=1S/C60H38N2S/c1-3-15-39(16-4-1)41-19-13-21-45(35-41)47-31-34-57(60-59(47)50-25-9-12-28-58(50)63-60)62-54-27-11-8-24-49(54)52-38-44(30-33-56(52)62)43-29-32-55-51(37-43)48-23-7-10-26-53(48)61(55)46-22-14-20-42(36-46)40-17-5-2-6-18-40/h1-38H. The van der Waals surface area contributed by atoms with Crippen molar-refractivity contribution in [1.82, 2.24) is 9.13 Å². The Morgan fingerprint density at radius 3 is 1.46 bits per heavy atom. The number of nitrogens with zero attached hydrogens (tertiary/aromatic N) is 2. The van der Waals surface area contributed by atoms with E-state index in [4.69, 9.17) is 0 Å². The zero-order valence-electron chi connectivity index (χ0n) is 34.2. The first-order valence-electron chi connectivity index (χ1n) is 21.6. The minimum absolute atomic E-state index is 1.16. The highest BCUT2D eigenvalue weighted by Crippen LogP contribution is 2.46. The largest absolute Gasteiger partial charge is 0.309 e. The van der Waals surface area contributed by atoms with Crippen LogP contribution in [0.1, 0.15) is 0 Å². The van der Waals surface area contributed by atoms with E-state index in [0.29, 0.717) is 0 Å². The summed E-state index contributed by atoms with van der Waals surface area (Å²) < 4.78 is 7.50. The number of thiophene rings is 1. The third kappa shape index (κ3) is 5.71. The molecule has 0 N–H and O–H groups in total. The highest BCUT2D eigenvalue weighted by atomic mass is 32.1. The van der Waals surface area contributed by atoms with Gasteiger partial charge in [-0.2, -0.15) is 0 Å². The maximum atomic E-state index is 2.50. The zero-order chi connectivity index (χ0) is 41.4. The van der Waals surface area contributed by atoms with Gasteiger partial charge in [-0.3, -0.25) is 0 Å². The first-order valence-corrected chi connectivity index (χ1v) is 22.4. The van der Waals surface area contributed by atoms with Crippen LogP contribution in [0.25, 0.3) is 120 Å². The number of aromatic nitrogens is 2. The molecule has 0 spiro atoms. The lowest BCUT2D eigenvalue weighted by Gasteiger charge is -2.14. The topological polar surface area (TPSA) is 9.86 Å². The van der Waals surface area contributed by atoms with Crippen LogP contribution in [-0.2, 0) is 0 Å². The molecular weight excluding hydrogens is 781 g/mol. The third-order valence-corrected chi connectivity index (χ3v) is 14.1. The van der Waals surface area contributed by atoms with Crippen LogP contribution in [0, 0.1) is 0 Å². The second-order valence-electron chi connectivity index (χ2n) is 16.5. The van der Waals surface area contributed by atoms with Crippen molar-refractivity contribution in [2.24, 2.45) is 0 Å². The van der Waals surface area contributed by atoms with Crippen LogP contribution in [-0.4, -0.2) is 9.13 Å². The fourth-order valence-corrected chi connectivity index (χ4v) is 11.3. The number of rotatable bonds is 6. The van der Waals surface area contributed by atoms with E-state index in [1.54, 1.807) is 0 Å². The second kappa shape index (κ2) is 14.3. The molecule has 0 radical (unpaired) electrons. The monoisotopic (exact) mass is 818 g/mol. The fraction of sp³-hybridized carbons (Fsp3) is 0. The van der Waals surface area contributed by atoms with Gasteiger partial charge in [0.1, 0.15) is 0 Å². The summed E-state index contributed by atoms with van der Waals surface area (Å²) in [4.78, 5) is 0. The lowest BCUT2D eigenvalue weighted by Crippen LogP contribution is -1.95. The molecule has 3 heterocycles. The molecule has 0 atom stereocenters. The molecule has 0 saturated heterocycles. The quantitative estimate of drug-likeness (QED) is 0.158. The molecule has 0 bridgehead atoms. The molecule has 0 aliphatic rings. The number of hydrogen-bond acceptors (Lipinski definition) is 1. The molecule has 10 aromatic carbocycles. The average Bonchev–Trinajstić information content (AvgIpc) is 4.02. The highest BCUT2D eigenvalue weighted by Gasteiger charge is 2.21. The molecule has 0 aliphatic carbocycles. The van der Waals surface area contributed by atoms with Crippen molar-refractivity contribution in [3.05, 3.63) is 231 Å². The van der Waals surface area contributed by atoms with Gasteiger partial charge in [-0.15, -0.1) is 11.3 Å². The maximum Gasteiger partial charge on any atom is 0.0641 e. The van der Waals surface area contributed by atoms with E-state index >= 15 is 0 Å². The minimum atomic E-state index is 1.16. The predicted octanol–water partition coefficient (Wildman–Crippen LogP) is 16.9. The smallest absolute Gasteiger partial charge is 0.0641 e. The minimum Gasteiger partial charge on any atom is -0.309 e. The van der Waals surface area contributed by atoms with Gasteiger partial charge in [-0.25, -0.2) is 0 Å². The lowest BCUT2D eigenvalue weighted by molar-refractivity contribution is 1.18. The number of para-hydroxylation sites is 2. The molecule has 63 heavy (non-hydrogen) atoms. The van der Waals surface area contributed by atoms with E-state index in [2.05, 4.69) is 240 Å².